The first-order chi connectivity index (χ1) is 6.40. The summed E-state index contributed by atoms with van der Waals surface area (Å²) >= 11 is 2.04. The summed E-state index contributed by atoms with van der Waals surface area (Å²) in [5.74, 6) is 0. The van der Waals surface area contributed by atoms with Crippen LogP contribution in [0.1, 0.15) is 19.3 Å². The number of likely N-dealkylation sites (tertiary alicyclic amines) is 1. The lowest BCUT2D eigenvalue weighted by molar-refractivity contribution is 0.199. The molecule has 3 heteroatoms. The molecule has 76 valence electrons. The monoisotopic (exact) mass is 200 g/mol. The summed E-state index contributed by atoms with van der Waals surface area (Å²) in [5, 5.41) is 4.34. The van der Waals surface area contributed by atoms with Gasteiger partial charge in [0, 0.05) is 17.8 Å². The van der Waals surface area contributed by atoms with Gasteiger partial charge in [-0.25, -0.2) is 0 Å². The number of piperidine rings is 1. The zero-order chi connectivity index (χ0) is 9.10. The quantitative estimate of drug-likeness (QED) is 0.720. The Kier molecular flexibility index (Phi) is 3.52. The second kappa shape index (κ2) is 4.67. The smallest absolute Gasteiger partial charge is 0.0184 e. The number of rotatable bonds is 2. The van der Waals surface area contributed by atoms with Gasteiger partial charge < -0.3 is 5.32 Å². The molecule has 0 saturated carbocycles. The maximum atomic E-state index is 3.43. The van der Waals surface area contributed by atoms with Gasteiger partial charge in [-0.05, 0) is 45.2 Å². The molecule has 1 atom stereocenters. The van der Waals surface area contributed by atoms with Crippen molar-refractivity contribution in [3.63, 3.8) is 0 Å². The Morgan fingerprint density at radius 3 is 2.62 bits per heavy atom. The largest absolute Gasteiger partial charge is 0.317 e. The van der Waals surface area contributed by atoms with Crippen molar-refractivity contribution in [3.05, 3.63) is 0 Å². The lowest BCUT2D eigenvalue weighted by Crippen LogP contribution is -2.42. The molecule has 1 N–H and O–H groups in total. The van der Waals surface area contributed by atoms with E-state index in [1.165, 1.54) is 45.4 Å². The van der Waals surface area contributed by atoms with Crippen molar-refractivity contribution >= 4 is 11.8 Å². The van der Waals surface area contributed by atoms with Crippen LogP contribution in [0.5, 0.6) is 0 Å². The molecule has 1 unspecified atom stereocenters. The maximum absolute atomic E-state index is 3.43. The van der Waals surface area contributed by atoms with Gasteiger partial charge >= 0.3 is 0 Å². The second-order valence-corrected chi connectivity index (χ2v) is 5.26. The standard InChI is InChI=1S/C10H20N2S/c1-13-10-4-7-12(8-10)9-2-5-11-6-3-9/h9-11H,2-8H2,1H3. The molecule has 0 aromatic heterocycles. The van der Waals surface area contributed by atoms with E-state index in [1.54, 1.807) is 0 Å². The molecule has 2 fully saturated rings. The van der Waals surface area contributed by atoms with Crippen molar-refractivity contribution in [3.8, 4) is 0 Å². The molecule has 0 spiro atoms. The molecule has 2 rings (SSSR count). The minimum atomic E-state index is 0.887. The van der Waals surface area contributed by atoms with Crippen LogP contribution in [0.2, 0.25) is 0 Å². The Morgan fingerprint density at radius 2 is 2.00 bits per heavy atom. The predicted molar refractivity (Wildman–Crippen MR) is 59.4 cm³/mol. The van der Waals surface area contributed by atoms with Crippen molar-refractivity contribution in [2.75, 3.05) is 32.4 Å². The first-order valence-corrected chi connectivity index (χ1v) is 6.66. The molecule has 2 aliphatic rings. The van der Waals surface area contributed by atoms with E-state index in [4.69, 9.17) is 0 Å². The highest BCUT2D eigenvalue weighted by Gasteiger charge is 2.28. The lowest BCUT2D eigenvalue weighted by Gasteiger charge is -2.31. The van der Waals surface area contributed by atoms with E-state index >= 15 is 0 Å². The van der Waals surface area contributed by atoms with Crippen LogP contribution < -0.4 is 5.32 Å². The molecule has 13 heavy (non-hydrogen) atoms. The normalized spacial score (nSPS) is 32.5. The van der Waals surface area contributed by atoms with Crippen LogP contribution in [0.4, 0.5) is 0 Å². The SMILES string of the molecule is CSC1CCN(C2CCNCC2)C1. The van der Waals surface area contributed by atoms with Crippen molar-refractivity contribution in [2.24, 2.45) is 0 Å². The summed E-state index contributed by atoms with van der Waals surface area (Å²) in [5.41, 5.74) is 0. The minimum absolute atomic E-state index is 0.887. The number of hydrogen-bond donors (Lipinski definition) is 1. The van der Waals surface area contributed by atoms with Crippen LogP contribution in [0, 0.1) is 0 Å². The molecule has 0 radical (unpaired) electrons. The molecule has 0 aliphatic carbocycles. The molecule has 0 aromatic rings. The molecular formula is C10H20N2S. The molecule has 2 heterocycles. The van der Waals surface area contributed by atoms with E-state index in [0.29, 0.717) is 0 Å². The minimum Gasteiger partial charge on any atom is -0.317 e. The summed E-state index contributed by atoms with van der Waals surface area (Å²) in [7, 11) is 0. The lowest BCUT2D eigenvalue weighted by atomic mass is 10.1. The summed E-state index contributed by atoms with van der Waals surface area (Å²) < 4.78 is 0. The van der Waals surface area contributed by atoms with Crippen LogP contribution in [0.15, 0.2) is 0 Å². The van der Waals surface area contributed by atoms with Crippen LogP contribution in [-0.4, -0.2) is 48.6 Å². The van der Waals surface area contributed by atoms with E-state index in [2.05, 4.69) is 16.5 Å². The first kappa shape index (κ1) is 9.81. The fourth-order valence-corrected chi connectivity index (χ4v) is 3.13. The van der Waals surface area contributed by atoms with Crippen molar-refractivity contribution in [1.29, 1.82) is 0 Å². The van der Waals surface area contributed by atoms with Gasteiger partial charge in [0.15, 0.2) is 0 Å². The molecule has 0 aromatic carbocycles. The third kappa shape index (κ3) is 2.39. The fourth-order valence-electron chi connectivity index (χ4n) is 2.45. The number of hydrogen-bond acceptors (Lipinski definition) is 3. The molecule has 0 bridgehead atoms. The maximum Gasteiger partial charge on any atom is 0.0184 e. The van der Waals surface area contributed by atoms with Gasteiger partial charge in [-0.2, -0.15) is 11.8 Å². The van der Waals surface area contributed by atoms with Crippen LogP contribution in [0.25, 0.3) is 0 Å². The first-order valence-electron chi connectivity index (χ1n) is 5.37. The van der Waals surface area contributed by atoms with Crippen molar-refractivity contribution < 1.29 is 0 Å². The number of nitrogens with zero attached hydrogens (tertiary/aromatic N) is 1. The van der Waals surface area contributed by atoms with Crippen molar-refractivity contribution in [1.82, 2.24) is 10.2 Å². The Balaban J connectivity index is 1.80. The zero-order valence-electron chi connectivity index (χ0n) is 8.46. The topological polar surface area (TPSA) is 15.3 Å². The van der Waals surface area contributed by atoms with Gasteiger partial charge in [0.25, 0.3) is 0 Å². The van der Waals surface area contributed by atoms with Crippen LogP contribution in [0.3, 0.4) is 0 Å². The van der Waals surface area contributed by atoms with Gasteiger partial charge in [0.2, 0.25) is 0 Å². The average molecular weight is 200 g/mol. The predicted octanol–water partition coefficient (Wildman–Crippen LogP) is 1.18. The highest BCUT2D eigenvalue weighted by molar-refractivity contribution is 7.99. The fraction of sp³-hybridized carbons (Fsp3) is 1.00. The van der Waals surface area contributed by atoms with Crippen molar-refractivity contribution in [2.45, 2.75) is 30.6 Å². The Morgan fingerprint density at radius 1 is 1.23 bits per heavy atom. The third-order valence-electron chi connectivity index (χ3n) is 3.33. The van der Waals surface area contributed by atoms with E-state index in [0.717, 1.165) is 11.3 Å². The van der Waals surface area contributed by atoms with Gasteiger partial charge in [0.05, 0.1) is 0 Å². The number of thioether (sulfide) groups is 1. The summed E-state index contributed by atoms with van der Waals surface area (Å²) in [6.07, 6.45) is 6.38. The molecule has 2 saturated heterocycles. The second-order valence-electron chi connectivity index (χ2n) is 4.12. The molecule has 2 nitrogen and oxygen atoms in total. The zero-order valence-corrected chi connectivity index (χ0v) is 9.28. The Labute approximate surface area is 85.4 Å². The molecule has 0 amide bonds. The number of nitrogens with one attached hydrogen (secondary N) is 1. The van der Waals surface area contributed by atoms with E-state index in [1.807, 2.05) is 11.8 Å². The molecular weight excluding hydrogens is 180 g/mol. The highest BCUT2D eigenvalue weighted by atomic mass is 32.2. The summed E-state index contributed by atoms with van der Waals surface area (Å²) in [4.78, 5) is 2.71. The summed E-state index contributed by atoms with van der Waals surface area (Å²) in [6.45, 7) is 5.14. The average Bonchev–Trinajstić information content (AvgIpc) is 2.67. The molecule has 2 aliphatic heterocycles. The highest BCUT2D eigenvalue weighted by Crippen LogP contribution is 2.24. The Bertz CT molecular complexity index is 157. The third-order valence-corrected chi connectivity index (χ3v) is 4.39. The van der Waals surface area contributed by atoms with Gasteiger partial charge in [-0.1, -0.05) is 0 Å². The van der Waals surface area contributed by atoms with Gasteiger partial charge in [0.1, 0.15) is 0 Å². The van der Waals surface area contributed by atoms with E-state index in [-0.39, 0.29) is 0 Å². The van der Waals surface area contributed by atoms with E-state index < -0.39 is 0 Å². The van der Waals surface area contributed by atoms with Crippen LogP contribution >= 0.6 is 11.8 Å². The van der Waals surface area contributed by atoms with Gasteiger partial charge in [-0.15, -0.1) is 0 Å². The Hall–Kier alpha value is 0.270. The van der Waals surface area contributed by atoms with E-state index in [9.17, 15) is 0 Å². The summed E-state index contributed by atoms with van der Waals surface area (Å²) in [6, 6.07) is 0.887. The van der Waals surface area contributed by atoms with Crippen LogP contribution in [-0.2, 0) is 0 Å². The van der Waals surface area contributed by atoms with Gasteiger partial charge in [-0.3, -0.25) is 4.90 Å².